The van der Waals surface area contributed by atoms with E-state index in [9.17, 15) is 9.90 Å². The van der Waals surface area contributed by atoms with E-state index in [1.165, 1.54) is 0 Å². The summed E-state index contributed by atoms with van der Waals surface area (Å²) >= 11 is 0. The molecule has 0 aliphatic carbocycles. The third-order valence-corrected chi connectivity index (χ3v) is 3.57. The zero-order valence-corrected chi connectivity index (χ0v) is 14.7. The van der Waals surface area contributed by atoms with Gasteiger partial charge in [0.1, 0.15) is 0 Å². The Bertz CT molecular complexity index is 670. The number of ether oxygens (including phenoxy) is 1. The van der Waals surface area contributed by atoms with E-state index in [1.54, 1.807) is 31.4 Å². The molecule has 25 heavy (non-hydrogen) atoms. The number of methoxy groups -OCH3 is 1. The maximum absolute atomic E-state index is 12.0. The van der Waals surface area contributed by atoms with Crippen LogP contribution in [0.25, 0.3) is 11.5 Å². The van der Waals surface area contributed by atoms with Gasteiger partial charge in [0.05, 0.1) is 12.6 Å². The zero-order valence-electron chi connectivity index (χ0n) is 14.7. The highest BCUT2D eigenvalue weighted by atomic mass is 16.5. The number of anilines is 1. The number of hydrogen-bond acceptors (Lipinski definition) is 6. The van der Waals surface area contributed by atoms with E-state index in [1.807, 2.05) is 13.8 Å². The van der Waals surface area contributed by atoms with Crippen molar-refractivity contribution in [1.82, 2.24) is 15.5 Å². The molecule has 0 bridgehead atoms. The summed E-state index contributed by atoms with van der Waals surface area (Å²) in [7, 11) is 1.57. The Morgan fingerprint density at radius 3 is 2.60 bits per heavy atom. The molecule has 0 aliphatic rings. The minimum Gasteiger partial charge on any atom is -0.394 e. The Labute approximate surface area is 146 Å². The quantitative estimate of drug-likeness (QED) is 0.676. The van der Waals surface area contributed by atoms with Crippen molar-refractivity contribution in [1.29, 1.82) is 0 Å². The number of aliphatic hydroxyl groups excluding tert-OH is 1. The molecule has 0 spiro atoms. The molecule has 1 aromatic heterocycles. The first-order chi connectivity index (χ1) is 12.0. The normalized spacial score (nSPS) is 12.2. The van der Waals surface area contributed by atoms with Gasteiger partial charge >= 0.3 is 6.03 Å². The van der Waals surface area contributed by atoms with Crippen LogP contribution in [0.4, 0.5) is 10.5 Å². The van der Waals surface area contributed by atoms with Crippen molar-refractivity contribution in [2.24, 2.45) is 0 Å². The largest absolute Gasteiger partial charge is 0.394 e. The number of nitrogens with zero attached hydrogens (tertiary/aromatic N) is 2. The molecular formula is C17H24N4O4. The lowest BCUT2D eigenvalue weighted by molar-refractivity contribution is 0.161. The summed E-state index contributed by atoms with van der Waals surface area (Å²) in [5, 5.41) is 18.6. The number of amides is 2. The Morgan fingerprint density at radius 2 is 2.04 bits per heavy atom. The lowest BCUT2D eigenvalue weighted by Gasteiger charge is -2.16. The standard InChI is InChI=1S/C17H24N4O4/c1-11(2)15-20-16(25-21-15)12-4-6-13(7-5-12)18-17(23)19-14(10-22)8-9-24-3/h4-7,11,14,22H,8-10H2,1-3H3,(H2,18,19,23)/t14-/m0/s1. The summed E-state index contributed by atoms with van der Waals surface area (Å²) in [5.41, 5.74) is 1.40. The summed E-state index contributed by atoms with van der Waals surface area (Å²) in [6.45, 7) is 4.30. The molecule has 2 amide bonds. The molecule has 0 saturated heterocycles. The van der Waals surface area contributed by atoms with Gasteiger partial charge in [-0.2, -0.15) is 4.98 Å². The second-order valence-corrected chi connectivity index (χ2v) is 5.95. The lowest BCUT2D eigenvalue weighted by Crippen LogP contribution is -2.40. The summed E-state index contributed by atoms with van der Waals surface area (Å²) < 4.78 is 10.2. The van der Waals surface area contributed by atoms with Crippen molar-refractivity contribution >= 4 is 11.7 Å². The lowest BCUT2D eigenvalue weighted by atomic mass is 10.2. The van der Waals surface area contributed by atoms with E-state index in [0.717, 1.165) is 5.56 Å². The summed E-state index contributed by atoms with van der Waals surface area (Å²) in [6, 6.07) is 6.34. The molecule has 8 heteroatoms. The van der Waals surface area contributed by atoms with Crippen LogP contribution in [0.5, 0.6) is 0 Å². The Balaban J connectivity index is 1.94. The molecular weight excluding hydrogens is 324 g/mol. The fraction of sp³-hybridized carbons (Fsp3) is 0.471. The number of rotatable bonds is 8. The maximum Gasteiger partial charge on any atom is 0.319 e. The second kappa shape index (κ2) is 9.14. The molecule has 0 radical (unpaired) electrons. The molecule has 1 aromatic carbocycles. The summed E-state index contributed by atoms with van der Waals surface area (Å²) in [6.07, 6.45) is 0.536. The molecule has 2 aromatic rings. The maximum atomic E-state index is 12.0. The first kappa shape index (κ1) is 18.9. The first-order valence-electron chi connectivity index (χ1n) is 8.14. The number of aromatic nitrogens is 2. The van der Waals surface area contributed by atoms with Gasteiger partial charge in [-0.25, -0.2) is 4.79 Å². The van der Waals surface area contributed by atoms with Crippen LogP contribution in [0, 0.1) is 0 Å². The van der Waals surface area contributed by atoms with Crippen LogP contribution in [-0.4, -0.2) is 47.6 Å². The molecule has 3 N–H and O–H groups in total. The number of nitrogens with one attached hydrogen (secondary N) is 2. The van der Waals surface area contributed by atoms with Crippen LogP contribution < -0.4 is 10.6 Å². The topological polar surface area (TPSA) is 110 Å². The SMILES string of the molecule is COCC[C@@H](CO)NC(=O)Nc1ccc(-c2nc(C(C)C)no2)cc1. The van der Waals surface area contributed by atoms with Gasteiger partial charge in [0.15, 0.2) is 5.82 Å². The fourth-order valence-electron chi connectivity index (χ4n) is 2.10. The average molecular weight is 348 g/mol. The molecule has 0 unspecified atom stereocenters. The Kier molecular flexibility index (Phi) is 6.91. The predicted molar refractivity (Wildman–Crippen MR) is 93.3 cm³/mol. The van der Waals surface area contributed by atoms with Crippen molar-refractivity contribution in [3.8, 4) is 11.5 Å². The number of hydrogen-bond donors (Lipinski definition) is 3. The molecule has 0 saturated carbocycles. The van der Waals surface area contributed by atoms with Gasteiger partial charge in [-0.15, -0.1) is 0 Å². The summed E-state index contributed by atoms with van der Waals surface area (Å²) in [4.78, 5) is 16.3. The van der Waals surface area contributed by atoms with Crippen LogP contribution >= 0.6 is 0 Å². The molecule has 0 fully saturated rings. The van der Waals surface area contributed by atoms with Crippen LogP contribution in [0.2, 0.25) is 0 Å². The predicted octanol–water partition coefficient (Wildman–Crippen LogP) is 2.38. The minimum atomic E-state index is -0.386. The smallest absolute Gasteiger partial charge is 0.319 e. The van der Waals surface area contributed by atoms with E-state index in [-0.39, 0.29) is 24.6 Å². The van der Waals surface area contributed by atoms with E-state index >= 15 is 0 Å². The van der Waals surface area contributed by atoms with Crippen molar-refractivity contribution in [3.63, 3.8) is 0 Å². The van der Waals surface area contributed by atoms with Gasteiger partial charge < -0.3 is 25.0 Å². The molecule has 2 rings (SSSR count). The fourth-order valence-corrected chi connectivity index (χ4v) is 2.10. The molecule has 1 heterocycles. The van der Waals surface area contributed by atoms with Crippen LogP contribution in [0.15, 0.2) is 28.8 Å². The van der Waals surface area contributed by atoms with Gasteiger partial charge in [-0.3, -0.25) is 0 Å². The average Bonchev–Trinajstić information content (AvgIpc) is 3.09. The number of benzene rings is 1. The second-order valence-electron chi connectivity index (χ2n) is 5.95. The van der Waals surface area contributed by atoms with Gasteiger partial charge in [-0.1, -0.05) is 19.0 Å². The highest BCUT2D eigenvalue weighted by molar-refractivity contribution is 5.89. The number of carbonyl (C=O) groups is 1. The van der Waals surface area contributed by atoms with Gasteiger partial charge in [0.2, 0.25) is 0 Å². The highest BCUT2D eigenvalue weighted by Crippen LogP contribution is 2.21. The number of aliphatic hydroxyl groups is 1. The first-order valence-corrected chi connectivity index (χ1v) is 8.14. The number of carbonyl (C=O) groups excluding carboxylic acids is 1. The van der Waals surface area contributed by atoms with Gasteiger partial charge in [-0.05, 0) is 30.7 Å². The van der Waals surface area contributed by atoms with E-state index < -0.39 is 0 Å². The number of urea groups is 1. The van der Waals surface area contributed by atoms with Crippen LogP contribution in [-0.2, 0) is 4.74 Å². The van der Waals surface area contributed by atoms with Gasteiger partial charge in [0.25, 0.3) is 5.89 Å². The van der Waals surface area contributed by atoms with E-state index in [0.29, 0.717) is 30.4 Å². The van der Waals surface area contributed by atoms with Crippen molar-refractivity contribution < 1.29 is 19.2 Å². The zero-order chi connectivity index (χ0) is 18.2. The highest BCUT2D eigenvalue weighted by Gasteiger charge is 2.13. The minimum absolute atomic E-state index is 0.148. The molecule has 8 nitrogen and oxygen atoms in total. The molecule has 1 atom stereocenters. The third-order valence-electron chi connectivity index (χ3n) is 3.57. The van der Waals surface area contributed by atoms with Crippen LogP contribution in [0.1, 0.15) is 32.0 Å². The van der Waals surface area contributed by atoms with Gasteiger partial charge in [0, 0.05) is 30.9 Å². The third kappa shape index (κ3) is 5.54. The monoisotopic (exact) mass is 348 g/mol. The van der Waals surface area contributed by atoms with Crippen molar-refractivity contribution in [2.75, 3.05) is 25.6 Å². The molecule has 136 valence electrons. The summed E-state index contributed by atoms with van der Waals surface area (Å²) in [5.74, 6) is 1.29. The Hall–Kier alpha value is -2.45. The Morgan fingerprint density at radius 1 is 1.32 bits per heavy atom. The van der Waals surface area contributed by atoms with E-state index in [2.05, 4.69) is 20.8 Å². The molecule has 0 aliphatic heterocycles. The van der Waals surface area contributed by atoms with E-state index in [4.69, 9.17) is 9.26 Å². The van der Waals surface area contributed by atoms with Crippen LogP contribution in [0.3, 0.4) is 0 Å². The van der Waals surface area contributed by atoms with Crippen molar-refractivity contribution in [3.05, 3.63) is 30.1 Å². The van der Waals surface area contributed by atoms with Crippen molar-refractivity contribution in [2.45, 2.75) is 32.2 Å².